The van der Waals surface area contributed by atoms with E-state index >= 15 is 0 Å². The van der Waals surface area contributed by atoms with Gasteiger partial charge < -0.3 is 10.3 Å². The maximum Gasteiger partial charge on any atom is 0.254 e. The van der Waals surface area contributed by atoms with Crippen LogP contribution in [0.2, 0.25) is 0 Å². The number of H-pyrrole nitrogens is 1. The van der Waals surface area contributed by atoms with Crippen LogP contribution in [0.3, 0.4) is 0 Å². The van der Waals surface area contributed by atoms with E-state index < -0.39 is 23.6 Å². The molecule has 2 aromatic carbocycles. The van der Waals surface area contributed by atoms with Crippen molar-refractivity contribution in [2.75, 3.05) is 0 Å². The molecule has 0 bridgehead atoms. The number of nitrogens with zero attached hydrogens (tertiary/aromatic N) is 1. The first-order chi connectivity index (χ1) is 11.5. The molecule has 0 radical (unpaired) electrons. The van der Waals surface area contributed by atoms with Crippen molar-refractivity contribution in [2.45, 2.75) is 19.9 Å². The molecule has 0 aliphatic heterocycles. The van der Waals surface area contributed by atoms with Crippen molar-refractivity contribution in [3.05, 3.63) is 65.5 Å². The molecule has 0 aliphatic rings. The van der Waals surface area contributed by atoms with Gasteiger partial charge in [-0.3, -0.25) is 4.79 Å². The minimum Gasteiger partial charge on any atom is -0.342 e. The number of aromatic amines is 1. The molecule has 3 aromatic rings. The first-order valence-corrected chi connectivity index (χ1v) is 7.66. The largest absolute Gasteiger partial charge is 0.342 e. The number of carbonyl (C=O) groups is 1. The zero-order valence-corrected chi connectivity index (χ0v) is 13.3. The lowest BCUT2D eigenvalue weighted by atomic mass is 10.0. The van der Waals surface area contributed by atoms with E-state index in [1.165, 1.54) is 0 Å². The lowest BCUT2D eigenvalue weighted by molar-refractivity contribution is 0.0919. The number of hydrogen-bond donors (Lipinski definition) is 2. The summed E-state index contributed by atoms with van der Waals surface area (Å²) in [5, 5.41) is 2.78. The zero-order chi connectivity index (χ0) is 17.3. The van der Waals surface area contributed by atoms with E-state index in [0.717, 1.165) is 23.2 Å². The molecule has 0 saturated carbocycles. The molecule has 2 N–H and O–H groups in total. The van der Waals surface area contributed by atoms with E-state index in [1.54, 1.807) is 0 Å². The Morgan fingerprint density at radius 3 is 2.58 bits per heavy atom. The summed E-state index contributed by atoms with van der Waals surface area (Å²) in [6, 6.07) is 10.00. The fourth-order valence-electron chi connectivity index (χ4n) is 2.56. The van der Waals surface area contributed by atoms with Gasteiger partial charge in [0.25, 0.3) is 5.91 Å². The van der Waals surface area contributed by atoms with Gasteiger partial charge in [0.1, 0.15) is 17.5 Å². The third-order valence-electron chi connectivity index (χ3n) is 3.83. The maximum atomic E-state index is 13.8. The molecule has 1 amide bonds. The van der Waals surface area contributed by atoms with Crippen LogP contribution in [0, 0.1) is 17.6 Å². The van der Waals surface area contributed by atoms with Crippen molar-refractivity contribution in [3.8, 4) is 0 Å². The number of hydrogen-bond acceptors (Lipinski definition) is 2. The van der Waals surface area contributed by atoms with Crippen LogP contribution in [0.25, 0.3) is 11.0 Å². The van der Waals surface area contributed by atoms with Gasteiger partial charge in [0.2, 0.25) is 0 Å². The van der Waals surface area contributed by atoms with Crippen LogP contribution < -0.4 is 5.32 Å². The van der Waals surface area contributed by atoms with Gasteiger partial charge >= 0.3 is 0 Å². The summed E-state index contributed by atoms with van der Waals surface area (Å²) in [5.41, 5.74) is 1.46. The third kappa shape index (κ3) is 3.13. The highest BCUT2D eigenvalue weighted by atomic mass is 19.1. The Balaban J connectivity index is 1.90. The Kier molecular flexibility index (Phi) is 4.29. The van der Waals surface area contributed by atoms with E-state index in [9.17, 15) is 13.6 Å². The fraction of sp³-hybridized carbons (Fsp3) is 0.222. The predicted octanol–water partition coefficient (Wildman–Crippen LogP) is 3.97. The highest BCUT2D eigenvalue weighted by molar-refractivity contribution is 5.94. The minimum absolute atomic E-state index is 0.0259. The smallest absolute Gasteiger partial charge is 0.254 e. The number of imidazole rings is 1. The molecule has 0 unspecified atom stereocenters. The van der Waals surface area contributed by atoms with Gasteiger partial charge in [-0.2, -0.15) is 0 Å². The van der Waals surface area contributed by atoms with Gasteiger partial charge in [0.15, 0.2) is 0 Å². The Hall–Kier alpha value is -2.76. The Bertz CT molecular complexity index is 856. The zero-order valence-electron chi connectivity index (χ0n) is 13.3. The lowest BCUT2D eigenvalue weighted by Crippen LogP contribution is -2.33. The van der Waals surface area contributed by atoms with E-state index in [4.69, 9.17) is 0 Å². The molecule has 0 aliphatic carbocycles. The fourth-order valence-corrected chi connectivity index (χ4v) is 2.56. The summed E-state index contributed by atoms with van der Waals surface area (Å²) < 4.78 is 26.8. The quantitative estimate of drug-likeness (QED) is 0.761. The molecule has 124 valence electrons. The van der Waals surface area contributed by atoms with Gasteiger partial charge in [-0.15, -0.1) is 0 Å². The normalized spacial score (nSPS) is 12.5. The van der Waals surface area contributed by atoms with Crippen LogP contribution in [-0.4, -0.2) is 15.9 Å². The molecule has 0 spiro atoms. The van der Waals surface area contributed by atoms with Crippen molar-refractivity contribution in [1.29, 1.82) is 0 Å². The number of nitrogens with one attached hydrogen (secondary N) is 2. The molecule has 0 saturated heterocycles. The van der Waals surface area contributed by atoms with Crippen molar-refractivity contribution in [3.63, 3.8) is 0 Å². The second kappa shape index (κ2) is 6.39. The first kappa shape index (κ1) is 16.1. The third-order valence-corrected chi connectivity index (χ3v) is 3.83. The van der Waals surface area contributed by atoms with E-state index in [0.29, 0.717) is 11.9 Å². The van der Waals surface area contributed by atoms with Crippen LogP contribution >= 0.6 is 0 Å². The second-order valence-electron chi connectivity index (χ2n) is 5.96. The molecule has 1 atom stereocenters. The molecule has 0 fully saturated rings. The topological polar surface area (TPSA) is 57.8 Å². The number of halogens is 2. The molecule has 4 nitrogen and oxygen atoms in total. The first-order valence-electron chi connectivity index (χ1n) is 7.66. The average molecular weight is 329 g/mol. The maximum absolute atomic E-state index is 13.8. The predicted molar refractivity (Wildman–Crippen MR) is 87.5 cm³/mol. The number of fused-ring (bicyclic) bond motifs is 1. The van der Waals surface area contributed by atoms with Crippen LogP contribution in [0.15, 0.2) is 42.5 Å². The van der Waals surface area contributed by atoms with Crippen LogP contribution in [-0.2, 0) is 0 Å². The van der Waals surface area contributed by atoms with Crippen LogP contribution in [0.5, 0.6) is 0 Å². The number of aromatic nitrogens is 2. The molecule has 3 rings (SSSR count). The summed E-state index contributed by atoms with van der Waals surface area (Å²) in [6.07, 6.45) is 0. The number of rotatable bonds is 4. The summed E-state index contributed by atoms with van der Waals surface area (Å²) in [6.45, 7) is 3.86. The SMILES string of the molecule is CC(C)[C@H](NC(=O)c1ccc(F)cc1F)c1nc2ccccc2[nH]1. The van der Waals surface area contributed by atoms with E-state index in [-0.39, 0.29) is 11.5 Å². The van der Waals surface area contributed by atoms with Gasteiger partial charge in [-0.1, -0.05) is 26.0 Å². The number of amides is 1. The van der Waals surface area contributed by atoms with E-state index in [1.807, 2.05) is 38.1 Å². The second-order valence-corrected chi connectivity index (χ2v) is 5.96. The van der Waals surface area contributed by atoms with Crippen LogP contribution in [0.4, 0.5) is 8.78 Å². The van der Waals surface area contributed by atoms with Crippen molar-refractivity contribution in [2.24, 2.45) is 5.92 Å². The number of para-hydroxylation sites is 2. The van der Waals surface area contributed by atoms with Gasteiger partial charge in [0, 0.05) is 6.07 Å². The molecular formula is C18H17F2N3O. The lowest BCUT2D eigenvalue weighted by Gasteiger charge is -2.20. The summed E-state index contributed by atoms with van der Waals surface area (Å²) in [5.74, 6) is -1.59. The molecule has 24 heavy (non-hydrogen) atoms. The van der Waals surface area contributed by atoms with Crippen molar-refractivity contribution >= 4 is 16.9 Å². The van der Waals surface area contributed by atoms with Crippen LogP contribution in [0.1, 0.15) is 36.1 Å². The minimum atomic E-state index is -0.889. The summed E-state index contributed by atoms with van der Waals surface area (Å²) in [4.78, 5) is 20.0. The Morgan fingerprint density at radius 2 is 1.92 bits per heavy atom. The standard InChI is InChI=1S/C18H17F2N3O/c1-10(2)16(17-21-14-5-3-4-6-15(14)22-17)23-18(24)12-8-7-11(19)9-13(12)20/h3-10,16H,1-2H3,(H,21,22)(H,23,24)/t16-/m0/s1. The Labute approximate surface area is 137 Å². The average Bonchev–Trinajstić information content (AvgIpc) is 2.95. The highest BCUT2D eigenvalue weighted by Gasteiger charge is 2.23. The van der Waals surface area contributed by atoms with Crippen molar-refractivity contribution < 1.29 is 13.6 Å². The molecular weight excluding hydrogens is 312 g/mol. The monoisotopic (exact) mass is 329 g/mol. The van der Waals surface area contributed by atoms with Gasteiger partial charge in [0.05, 0.1) is 22.6 Å². The number of carbonyl (C=O) groups excluding carboxylic acids is 1. The number of benzene rings is 2. The molecule has 6 heteroatoms. The highest BCUT2D eigenvalue weighted by Crippen LogP contribution is 2.23. The van der Waals surface area contributed by atoms with Gasteiger partial charge in [-0.25, -0.2) is 13.8 Å². The Morgan fingerprint density at radius 1 is 1.17 bits per heavy atom. The van der Waals surface area contributed by atoms with Gasteiger partial charge in [-0.05, 0) is 30.2 Å². The van der Waals surface area contributed by atoms with Crippen molar-refractivity contribution in [1.82, 2.24) is 15.3 Å². The van der Waals surface area contributed by atoms with E-state index in [2.05, 4.69) is 15.3 Å². The molecule has 1 heterocycles. The summed E-state index contributed by atoms with van der Waals surface area (Å²) in [7, 11) is 0. The molecule has 1 aromatic heterocycles. The summed E-state index contributed by atoms with van der Waals surface area (Å²) >= 11 is 0.